The van der Waals surface area contributed by atoms with Crippen LogP contribution in [0.1, 0.15) is 16.8 Å². The zero-order chi connectivity index (χ0) is 17.8. The maximum absolute atomic E-state index is 12.2. The summed E-state index contributed by atoms with van der Waals surface area (Å²) in [6, 6.07) is 15.2. The summed E-state index contributed by atoms with van der Waals surface area (Å²) in [6.45, 7) is 4.00. The number of carbonyl (C=O) groups excluding carboxylic acids is 1. The van der Waals surface area contributed by atoms with Gasteiger partial charge < -0.3 is 14.6 Å². The van der Waals surface area contributed by atoms with Crippen molar-refractivity contribution in [3.8, 4) is 17.1 Å². The summed E-state index contributed by atoms with van der Waals surface area (Å²) in [5, 5.41) is 6.89. The predicted octanol–water partition coefficient (Wildman–Crippen LogP) is 4.15. The van der Waals surface area contributed by atoms with Gasteiger partial charge in [0.2, 0.25) is 5.91 Å². The van der Waals surface area contributed by atoms with Crippen molar-refractivity contribution in [1.29, 1.82) is 0 Å². The van der Waals surface area contributed by atoms with Gasteiger partial charge in [0.05, 0.1) is 19.2 Å². The van der Waals surface area contributed by atoms with Crippen LogP contribution in [-0.4, -0.2) is 18.2 Å². The minimum absolute atomic E-state index is 0.129. The fourth-order valence-electron chi connectivity index (χ4n) is 2.72. The number of nitrogens with one attached hydrogen (secondary N) is 1. The molecular weight excluding hydrogens is 316 g/mol. The number of carbonyl (C=O) groups is 1. The summed E-state index contributed by atoms with van der Waals surface area (Å²) in [7, 11) is 1.61. The van der Waals surface area contributed by atoms with Gasteiger partial charge in [-0.05, 0) is 49.2 Å². The summed E-state index contributed by atoms with van der Waals surface area (Å²) < 4.78 is 10.6. The first kappa shape index (κ1) is 16.8. The van der Waals surface area contributed by atoms with E-state index >= 15 is 0 Å². The topological polar surface area (TPSA) is 64.4 Å². The van der Waals surface area contributed by atoms with Crippen molar-refractivity contribution in [2.45, 2.75) is 20.3 Å². The molecule has 0 aliphatic heterocycles. The number of rotatable bonds is 5. The number of amides is 1. The lowest BCUT2D eigenvalue weighted by Gasteiger charge is -2.06. The third kappa shape index (κ3) is 4.26. The Morgan fingerprint density at radius 2 is 1.88 bits per heavy atom. The Labute approximate surface area is 146 Å². The highest BCUT2D eigenvalue weighted by Gasteiger charge is 2.12. The van der Waals surface area contributed by atoms with E-state index in [-0.39, 0.29) is 12.3 Å². The van der Waals surface area contributed by atoms with Crippen LogP contribution in [0.2, 0.25) is 0 Å². The third-order valence-electron chi connectivity index (χ3n) is 3.76. The standard InChI is InChI=1S/C20H20N2O3/c1-13-7-14(2)9-16(8-13)21-20(23)12-17-11-19(25-22-17)15-5-4-6-18(10-15)24-3/h4-11H,12H2,1-3H3,(H,21,23). The second kappa shape index (κ2) is 7.21. The van der Waals surface area contributed by atoms with Gasteiger partial charge in [-0.3, -0.25) is 4.79 Å². The molecule has 0 aliphatic rings. The van der Waals surface area contributed by atoms with E-state index in [2.05, 4.69) is 16.5 Å². The average Bonchev–Trinajstić information content (AvgIpc) is 3.02. The lowest BCUT2D eigenvalue weighted by Crippen LogP contribution is -2.14. The van der Waals surface area contributed by atoms with Gasteiger partial charge in [-0.1, -0.05) is 23.4 Å². The second-order valence-electron chi connectivity index (χ2n) is 6.02. The Bertz CT molecular complexity index is 879. The van der Waals surface area contributed by atoms with Crippen molar-refractivity contribution in [3.63, 3.8) is 0 Å². The quantitative estimate of drug-likeness (QED) is 0.760. The fraction of sp³-hybridized carbons (Fsp3) is 0.200. The van der Waals surface area contributed by atoms with Gasteiger partial charge in [0.15, 0.2) is 5.76 Å². The number of benzene rings is 2. The van der Waals surface area contributed by atoms with Crippen molar-refractivity contribution in [2.75, 3.05) is 12.4 Å². The van der Waals surface area contributed by atoms with Crippen LogP contribution in [0.5, 0.6) is 5.75 Å². The van der Waals surface area contributed by atoms with E-state index < -0.39 is 0 Å². The Morgan fingerprint density at radius 3 is 2.60 bits per heavy atom. The van der Waals surface area contributed by atoms with E-state index in [4.69, 9.17) is 9.26 Å². The highest BCUT2D eigenvalue weighted by atomic mass is 16.5. The summed E-state index contributed by atoms with van der Waals surface area (Å²) in [5.74, 6) is 1.21. The van der Waals surface area contributed by atoms with E-state index in [9.17, 15) is 4.79 Å². The molecule has 0 bridgehead atoms. The normalized spacial score (nSPS) is 10.5. The van der Waals surface area contributed by atoms with E-state index in [1.807, 2.05) is 50.2 Å². The predicted molar refractivity (Wildman–Crippen MR) is 96.7 cm³/mol. The molecule has 0 atom stereocenters. The number of anilines is 1. The summed E-state index contributed by atoms with van der Waals surface area (Å²) >= 11 is 0. The van der Waals surface area contributed by atoms with Crippen molar-refractivity contribution in [2.24, 2.45) is 0 Å². The molecule has 1 aromatic heterocycles. The molecule has 0 unspecified atom stereocenters. The Balaban J connectivity index is 1.69. The number of hydrogen-bond donors (Lipinski definition) is 1. The van der Waals surface area contributed by atoms with Gasteiger partial charge in [-0.15, -0.1) is 0 Å². The minimum atomic E-state index is -0.129. The monoisotopic (exact) mass is 336 g/mol. The number of hydrogen-bond acceptors (Lipinski definition) is 4. The van der Waals surface area contributed by atoms with E-state index in [0.29, 0.717) is 11.5 Å². The maximum atomic E-state index is 12.2. The van der Waals surface area contributed by atoms with Crippen molar-refractivity contribution in [3.05, 3.63) is 65.4 Å². The molecule has 128 valence electrons. The van der Waals surface area contributed by atoms with Gasteiger partial charge in [0, 0.05) is 17.3 Å². The Hall–Kier alpha value is -3.08. The van der Waals surface area contributed by atoms with Crippen LogP contribution in [0.4, 0.5) is 5.69 Å². The van der Waals surface area contributed by atoms with Crippen LogP contribution in [-0.2, 0) is 11.2 Å². The summed E-state index contributed by atoms with van der Waals surface area (Å²) in [5.41, 5.74) is 4.45. The van der Waals surface area contributed by atoms with Crippen molar-refractivity contribution >= 4 is 11.6 Å². The number of methoxy groups -OCH3 is 1. The molecule has 1 N–H and O–H groups in total. The zero-order valence-corrected chi connectivity index (χ0v) is 14.5. The Kier molecular flexibility index (Phi) is 4.84. The fourth-order valence-corrected chi connectivity index (χ4v) is 2.72. The smallest absolute Gasteiger partial charge is 0.230 e. The second-order valence-corrected chi connectivity index (χ2v) is 6.02. The molecule has 3 rings (SSSR count). The molecule has 3 aromatic rings. The average molecular weight is 336 g/mol. The van der Waals surface area contributed by atoms with Crippen LogP contribution in [0.15, 0.2) is 53.1 Å². The first-order valence-electron chi connectivity index (χ1n) is 8.01. The molecule has 0 fully saturated rings. The van der Waals surface area contributed by atoms with Crippen molar-refractivity contribution in [1.82, 2.24) is 5.16 Å². The highest BCUT2D eigenvalue weighted by molar-refractivity contribution is 5.92. The van der Waals surface area contributed by atoms with E-state index in [1.165, 1.54) is 0 Å². The van der Waals surface area contributed by atoms with Crippen molar-refractivity contribution < 1.29 is 14.1 Å². The highest BCUT2D eigenvalue weighted by Crippen LogP contribution is 2.24. The summed E-state index contributed by atoms with van der Waals surface area (Å²) in [4.78, 5) is 12.2. The van der Waals surface area contributed by atoms with E-state index in [0.717, 1.165) is 28.1 Å². The molecule has 0 saturated heterocycles. The van der Waals surface area contributed by atoms with Crippen LogP contribution in [0.3, 0.4) is 0 Å². The number of nitrogens with zero attached hydrogens (tertiary/aromatic N) is 1. The molecule has 25 heavy (non-hydrogen) atoms. The molecule has 5 heteroatoms. The van der Waals surface area contributed by atoms with E-state index in [1.54, 1.807) is 13.2 Å². The molecule has 0 radical (unpaired) electrons. The first-order chi connectivity index (χ1) is 12.0. The SMILES string of the molecule is COc1cccc(-c2cc(CC(=O)Nc3cc(C)cc(C)c3)no2)c1. The molecule has 1 amide bonds. The van der Waals surface area contributed by atoms with Crippen LogP contribution < -0.4 is 10.1 Å². The lowest BCUT2D eigenvalue weighted by atomic mass is 10.1. The van der Waals surface area contributed by atoms with Gasteiger partial charge >= 0.3 is 0 Å². The third-order valence-corrected chi connectivity index (χ3v) is 3.76. The number of aromatic nitrogens is 1. The number of ether oxygens (including phenoxy) is 1. The zero-order valence-electron chi connectivity index (χ0n) is 14.5. The van der Waals surface area contributed by atoms with Crippen LogP contribution in [0.25, 0.3) is 11.3 Å². The molecule has 2 aromatic carbocycles. The maximum Gasteiger partial charge on any atom is 0.230 e. The van der Waals surface area contributed by atoms with Gasteiger partial charge in [0.25, 0.3) is 0 Å². The molecular formula is C20H20N2O3. The summed E-state index contributed by atoms with van der Waals surface area (Å²) in [6.07, 6.45) is 0.153. The van der Waals surface area contributed by atoms with Crippen LogP contribution >= 0.6 is 0 Å². The molecule has 0 aliphatic carbocycles. The van der Waals surface area contributed by atoms with Gasteiger partial charge in [-0.2, -0.15) is 0 Å². The van der Waals surface area contributed by atoms with Gasteiger partial charge in [-0.25, -0.2) is 0 Å². The lowest BCUT2D eigenvalue weighted by molar-refractivity contribution is -0.115. The molecule has 0 spiro atoms. The Morgan fingerprint density at radius 1 is 1.12 bits per heavy atom. The minimum Gasteiger partial charge on any atom is -0.497 e. The largest absolute Gasteiger partial charge is 0.497 e. The molecule has 5 nitrogen and oxygen atoms in total. The molecule has 1 heterocycles. The first-order valence-corrected chi connectivity index (χ1v) is 8.01. The number of aryl methyl sites for hydroxylation is 2. The van der Waals surface area contributed by atoms with Gasteiger partial charge in [0.1, 0.15) is 5.75 Å². The van der Waals surface area contributed by atoms with Crippen LogP contribution in [0, 0.1) is 13.8 Å². The molecule has 0 saturated carbocycles.